The quantitative estimate of drug-likeness (QED) is 0.902. The van der Waals surface area contributed by atoms with E-state index in [-0.39, 0.29) is 11.5 Å². The van der Waals surface area contributed by atoms with Crippen LogP contribution in [0.5, 0.6) is 0 Å². The number of benzene rings is 1. The summed E-state index contributed by atoms with van der Waals surface area (Å²) in [4.78, 5) is 22.0. The predicted molar refractivity (Wildman–Crippen MR) is 104 cm³/mol. The van der Waals surface area contributed by atoms with Crippen LogP contribution in [0.15, 0.2) is 36.7 Å². The van der Waals surface area contributed by atoms with Gasteiger partial charge in [0.2, 0.25) is 5.91 Å². The van der Waals surface area contributed by atoms with Gasteiger partial charge < -0.3 is 4.90 Å². The topological polar surface area (TPSA) is 65.1 Å². The van der Waals surface area contributed by atoms with Crippen molar-refractivity contribution in [2.24, 2.45) is 5.92 Å². The van der Waals surface area contributed by atoms with Crippen LogP contribution in [0.2, 0.25) is 0 Å². The first kappa shape index (κ1) is 18.2. The molecule has 0 saturated carbocycles. The number of nitrogens with zero attached hydrogens (tertiary/aromatic N) is 4. The van der Waals surface area contributed by atoms with E-state index in [1.165, 1.54) is 5.56 Å². The van der Waals surface area contributed by atoms with Crippen LogP contribution in [0.1, 0.15) is 50.4 Å². The number of aromatic amines is 1. The molecule has 0 spiro atoms. The summed E-state index contributed by atoms with van der Waals surface area (Å²) in [5.41, 5.74) is 1.36. The molecule has 0 radical (unpaired) electrons. The largest absolute Gasteiger partial charge is 0.342 e. The molecule has 3 heterocycles. The second-order valence-corrected chi connectivity index (χ2v) is 8.55. The molecule has 1 aromatic carbocycles. The lowest BCUT2D eigenvalue weighted by Crippen LogP contribution is -2.42. The Balaban J connectivity index is 1.35. The summed E-state index contributed by atoms with van der Waals surface area (Å²) in [7, 11) is 0. The number of piperidine rings is 1. The number of carbonyl (C=O) groups is 1. The van der Waals surface area contributed by atoms with Gasteiger partial charge in [-0.3, -0.25) is 14.8 Å². The Hall–Kier alpha value is -2.21. The second-order valence-electron chi connectivity index (χ2n) is 8.55. The molecule has 1 N–H and O–H groups in total. The molecular formula is C21H29N5O. The maximum atomic E-state index is 13.1. The van der Waals surface area contributed by atoms with Crippen molar-refractivity contribution in [2.75, 3.05) is 19.6 Å². The van der Waals surface area contributed by atoms with E-state index < -0.39 is 0 Å². The van der Waals surface area contributed by atoms with Crippen molar-refractivity contribution in [1.29, 1.82) is 0 Å². The number of carbonyl (C=O) groups excluding carboxylic acids is 1. The molecule has 2 aromatic rings. The maximum Gasteiger partial charge on any atom is 0.227 e. The molecule has 1 aromatic heterocycles. The van der Waals surface area contributed by atoms with Crippen molar-refractivity contribution in [3.63, 3.8) is 0 Å². The molecule has 2 fully saturated rings. The van der Waals surface area contributed by atoms with Crippen LogP contribution in [-0.2, 0) is 11.3 Å². The number of rotatable bonds is 4. The molecule has 6 heteroatoms. The summed E-state index contributed by atoms with van der Waals surface area (Å²) < 4.78 is 0. The fourth-order valence-electron chi connectivity index (χ4n) is 4.60. The molecule has 1 unspecified atom stereocenters. The summed E-state index contributed by atoms with van der Waals surface area (Å²) in [6, 6.07) is 10.5. The van der Waals surface area contributed by atoms with Crippen molar-refractivity contribution in [3.05, 3.63) is 48.0 Å². The Labute approximate surface area is 161 Å². The Morgan fingerprint density at radius 3 is 2.63 bits per heavy atom. The lowest BCUT2D eigenvalue weighted by molar-refractivity contribution is -0.136. The highest BCUT2D eigenvalue weighted by Crippen LogP contribution is 2.36. The number of hydrogen-bond donors (Lipinski definition) is 1. The van der Waals surface area contributed by atoms with Crippen LogP contribution in [0, 0.1) is 5.92 Å². The van der Waals surface area contributed by atoms with Crippen molar-refractivity contribution in [3.8, 4) is 0 Å². The Morgan fingerprint density at radius 2 is 1.96 bits per heavy atom. The second kappa shape index (κ2) is 7.43. The normalized spacial score (nSPS) is 23.6. The molecule has 6 nitrogen and oxygen atoms in total. The van der Waals surface area contributed by atoms with Gasteiger partial charge in [-0.2, -0.15) is 5.10 Å². The van der Waals surface area contributed by atoms with Gasteiger partial charge in [0.15, 0.2) is 0 Å². The summed E-state index contributed by atoms with van der Waals surface area (Å²) in [5, 5.41) is 6.93. The minimum Gasteiger partial charge on any atom is -0.342 e. The molecule has 2 aliphatic rings. The minimum absolute atomic E-state index is 0.0499. The van der Waals surface area contributed by atoms with Crippen LogP contribution < -0.4 is 0 Å². The van der Waals surface area contributed by atoms with Gasteiger partial charge in [0.1, 0.15) is 12.2 Å². The van der Waals surface area contributed by atoms with Crippen LogP contribution in [-0.4, -0.2) is 56.1 Å². The predicted octanol–water partition coefficient (Wildman–Crippen LogP) is 2.81. The molecule has 2 saturated heterocycles. The average molecular weight is 367 g/mol. The van der Waals surface area contributed by atoms with Crippen molar-refractivity contribution in [2.45, 2.75) is 51.1 Å². The fraction of sp³-hybridized carbons (Fsp3) is 0.571. The number of H-pyrrole nitrogens is 1. The number of hydrogen-bond acceptors (Lipinski definition) is 4. The van der Waals surface area contributed by atoms with Crippen LogP contribution >= 0.6 is 0 Å². The first-order valence-corrected chi connectivity index (χ1v) is 9.96. The molecule has 144 valence electrons. The van der Waals surface area contributed by atoms with Gasteiger partial charge in [0.25, 0.3) is 0 Å². The third-order valence-electron chi connectivity index (χ3n) is 6.24. The third kappa shape index (κ3) is 3.90. The fourth-order valence-corrected chi connectivity index (χ4v) is 4.60. The maximum absolute atomic E-state index is 13.1. The Kier molecular flexibility index (Phi) is 5.00. The van der Waals surface area contributed by atoms with Crippen molar-refractivity contribution in [1.82, 2.24) is 25.0 Å². The van der Waals surface area contributed by atoms with E-state index in [1.807, 2.05) is 6.07 Å². The van der Waals surface area contributed by atoms with E-state index in [0.717, 1.165) is 51.3 Å². The van der Waals surface area contributed by atoms with Gasteiger partial charge in [0, 0.05) is 37.6 Å². The van der Waals surface area contributed by atoms with Crippen LogP contribution in [0.25, 0.3) is 0 Å². The summed E-state index contributed by atoms with van der Waals surface area (Å²) in [6.45, 7) is 7.92. The van der Waals surface area contributed by atoms with E-state index in [4.69, 9.17) is 0 Å². The zero-order chi connectivity index (χ0) is 18.9. The van der Waals surface area contributed by atoms with Crippen molar-refractivity contribution >= 4 is 5.91 Å². The highest BCUT2D eigenvalue weighted by Gasteiger charge is 2.43. The van der Waals surface area contributed by atoms with E-state index in [9.17, 15) is 4.79 Å². The highest BCUT2D eigenvalue weighted by molar-refractivity contribution is 5.79. The monoisotopic (exact) mass is 367 g/mol. The van der Waals surface area contributed by atoms with Gasteiger partial charge >= 0.3 is 0 Å². The molecule has 27 heavy (non-hydrogen) atoms. The Morgan fingerprint density at radius 1 is 1.22 bits per heavy atom. The van der Waals surface area contributed by atoms with E-state index in [1.54, 1.807) is 6.33 Å². The molecule has 4 rings (SSSR count). The first-order chi connectivity index (χ1) is 13.0. The number of amides is 1. The average Bonchev–Trinajstić information content (AvgIpc) is 3.31. The van der Waals surface area contributed by atoms with E-state index >= 15 is 0 Å². The van der Waals surface area contributed by atoms with Gasteiger partial charge in [0.05, 0.1) is 5.92 Å². The molecule has 0 bridgehead atoms. The molecule has 1 atom stereocenters. The summed E-state index contributed by atoms with van der Waals surface area (Å²) in [5.74, 6) is 1.78. The standard InChI is InChI=1S/C21H29N5O/c1-21(2)12-18(14-26(21)13-16-6-4-3-5-7-16)20(27)25-10-8-17(9-11-25)19-22-15-23-24-19/h3-7,15,17-18H,8-14H2,1-2H3,(H,22,23,24). The highest BCUT2D eigenvalue weighted by atomic mass is 16.2. The number of aromatic nitrogens is 3. The summed E-state index contributed by atoms with van der Waals surface area (Å²) in [6.07, 6.45) is 4.42. The zero-order valence-electron chi connectivity index (χ0n) is 16.3. The third-order valence-corrected chi connectivity index (χ3v) is 6.24. The SMILES string of the molecule is CC1(C)CC(C(=O)N2CCC(c3ncn[nH]3)CC2)CN1Cc1ccccc1. The number of likely N-dealkylation sites (tertiary alicyclic amines) is 2. The molecule has 1 amide bonds. The van der Waals surface area contributed by atoms with Gasteiger partial charge in [-0.15, -0.1) is 0 Å². The smallest absolute Gasteiger partial charge is 0.227 e. The van der Waals surface area contributed by atoms with Crippen LogP contribution in [0.4, 0.5) is 0 Å². The van der Waals surface area contributed by atoms with Crippen LogP contribution in [0.3, 0.4) is 0 Å². The van der Waals surface area contributed by atoms with Gasteiger partial charge in [-0.1, -0.05) is 30.3 Å². The van der Waals surface area contributed by atoms with E-state index in [0.29, 0.717) is 11.8 Å². The molecular weight excluding hydrogens is 338 g/mol. The lowest BCUT2D eigenvalue weighted by Gasteiger charge is -2.32. The summed E-state index contributed by atoms with van der Waals surface area (Å²) >= 11 is 0. The minimum atomic E-state index is 0.0499. The lowest BCUT2D eigenvalue weighted by atomic mass is 9.92. The first-order valence-electron chi connectivity index (χ1n) is 9.96. The number of nitrogens with one attached hydrogen (secondary N) is 1. The zero-order valence-corrected chi connectivity index (χ0v) is 16.3. The molecule has 0 aliphatic carbocycles. The van der Waals surface area contributed by atoms with Gasteiger partial charge in [-0.25, -0.2) is 4.98 Å². The Bertz CT molecular complexity index is 750. The van der Waals surface area contributed by atoms with Crippen molar-refractivity contribution < 1.29 is 4.79 Å². The van der Waals surface area contributed by atoms with Gasteiger partial charge in [-0.05, 0) is 38.7 Å². The van der Waals surface area contributed by atoms with E-state index in [2.05, 4.69) is 63.1 Å². The molecule has 2 aliphatic heterocycles.